The molecule has 6 heteroatoms. The second-order valence-electron chi connectivity index (χ2n) is 4.36. The minimum Gasteiger partial charge on any atom is -0.264 e. The van der Waals surface area contributed by atoms with Gasteiger partial charge in [0.05, 0.1) is 4.92 Å². The summed E-state index contributed by atoms with van der Waals surface area (Å²) < 4.78 is 0. The van der Waals surface area contributed by atoms with Crippen molar-refractivity contribution in [2.45, 2.75) is 13.0 Å². The monoisotopic (exact) mass is 272 g/mol. The average Bonchev–Trinajstić information content (AvgIpc) is 2.41. The van der Waals surface area contributed by atoms with Gasteiger partial charge in [0, 0.05) is 16.6 Å². The van der Waals surface area contributed by atoms with Gasteiger partial charge in [-0.3, -0.25) is 20.2 Å². The van der Waals surface area contributed by atoms with Gasteiger partial charge in [-0.2, -0.15) is 0 Å². The minimum absolute atomic E-state index is 0.133. The molecule has 102 valence electrons. The molecule has 1 atom stereocenters. The van der Waals surface area contributed by atoms with Crippen molar-refractivity contribution in [2.75, 3.05) is 0 Å². The summed E-state index contributed by atoms with van der Waals surface area (Å²) in [5.74, 6) is 0. The van der Waals surface area contributed by atoms with E-state index in [0.717, 1.165) is 0 Å². The highest BCUT2D eigenvalue weighted by atomic mass is 16.6. The highest BCUT2D eigenvalue weighted by Gasteiger charge is 2.33. The fraction of sp³-hybridized carbons (Fsp3) is 0.143. The summed E-state index contributed by atoms with van der Waals surface area (Å²) in [6, 6.07) is 11.5. The standard InChI is InChI=1S/C14H12N2O4/c1-10-6-5-9-12(15(17)18)13(10)14(16(19)20)11-7-3-2-4-8-11/h2-9,14H,1H3. The number of benzene rings is 2. The number of aryl methyl sites for hydroxylation is 1. The topological polar surface area (TPSA) is 86.3 Å². The van der Waals surface area contributed by atoms with Crippen LogP contribution >= 0.6 is 0 Å². The van der Waals surface area contributed by atoms with Gasteiger partial charge in [0.15, 0.2) is 0 Å². The van der Waals surface area contributed by atoms with Gasteiger partial charge >= 0.3 is 0 Å². The number of nitro benzene ring substituents is 1. The van der Waals surface area contributed by atoms with Gasteiger partial charge < -0.3 is 0 Å². The van der Waals surface area contributed by atoms with Crippen LogP contribution in [0.25, 0.3) is 0 Å². The van der Waals surface area contributed by atoms with E-state index in [1.165, 1.54) is 12.1 Å². The van der Waals surface area contributed by atoms with Gasteiger partial charge in [0.1, 0.15) is 5.56 Å². The van der Waals surface area contributed by atoms with E-state index in [2.05, 4.69) is 0 Å². The SMILES string of the molecule is Cc1cccc([N+](=O)[O-])c1C(c1ccccc1)[N+](=O)[O-]. The van der Waals surface area contributed by atoms with Crippen LogP contribution in [0.3, 0.4) is 0 Å². The molecule has 0 N–H and O–H groups in total. The molecule has 0 aliphatic rings. The van der Waals surface area contributed by atoms with E-state index in [9.17, 15) is 20.2 Å². The molecular formula is C14H12N2O4. The lowest BCUT2D eigenvalue weighted by Gasteiger charge is -2.12. The van der Waals surface area contributed by atoms with Crippen LogP contribution in [0.4, 0.5) is 5.69 Å². The molecule has 0 aliphatic carbocycles. The zero-order chi connectivity index (χ0) is 14.7. The van der Waals surface area contributed by atoms with E-state index in [1.54, 1.807) is 43.3 Å². The van der Waals surface area contributed by atoms with Gasteiger partial charge in [-0.1, -0.05) is 42.5 Å². The fourth-order valence-electron chi connectivity index (χ4n) is 2.21. The Kier molecular flexibility index (Phi) is 3.74. The van der Waals surface area contributed by atoms with Crippen LogP contribution in [0.1, 0.15) is 22.7 Å². The predicted molar refractivity (Wildman–Crippen MR) is 73.1 cm³/mol. The lowest BCUT2D eigenvalue weighted by molar-refractivity contribution is -0.519. The second-order valence-corrected chi connectivity index (χ2v) is 4.36. The van der Waals surface area contributed by atoms with Crippen molar-refractivity contribution in [3.63, 3.8) is 0 Å². The zero-order valence-electron chi connectivity index (χ0n) is 10.7. The molecule has 2 rings (SSSR count). The van der Waals surface area contributed by atoms with E-state index in [-0.39, 0.29) is 11.3 Å². The third kappa shape index (κ3) is 2.49. The maximum atomic E-state index is 11.4. The molecule has 0 heterocycles. The Balaban J connectivity index is 2.68. The molecular weight excluding hydrogens is 260 g/mol. The molecule has 0 radical (unpaired) electrons. The molecule has 0 aromatic heterocycles. The molecule has 20 heavy (non-hydrogen) atoms. The Hall–Kier alpha value is -2.76. The van der Waals surface area contributed by atoms with Crippen LogP contribution in [0.2, 0.25) is 0 Å². The first-order chi connectivity index (χ1) is 9.52. The average molecular weight is 272 g/mol. The smallest absolute Gasteiger partial charge is 0.264 e. The van der Waals surface area contributed by atoms with Crippen LogP contribution < -0.4 is 0 Å². The summed E-state index contributed by atoms with van der Waals surface area (Å²) >= 11 is 0. The van der Waals surface area contributed by atoms with E-state index < -0.39 is 15.9 Å². The van der Waals surface area contributed by atoms with Crippen LogP contribution in [-0.4, -0.2) is 9.85 Å². The number of hydrogen-bond acceptors (Lipinski definition) is 4. The van der Waals surface area contributed by atoms with Crippen molar-refractivity contribution in [1.82, 2.24) is 0 Å². The Labute approximate surface area is 115 Å². The summed E-state index contributed by atoms with van der Waals surface area (Å²) in [4.78, 5) is 21.4. The van der Waals surface area contributed by atoms with Gasteiger partial charge in [-0.25, -0.2) is 0 Å². The van der Waals surface area contributed by atoms with Crippen molar-refractivity contribution in [2.24, 2.45) is 0 Å². The zero-order valence-corrected chi connectivity index (χ0v) is 10.7. The summed E-state index contributed by atoms with van der Waals surface area (Å²) in [6.45, 7) is 1.64. The summed E-state index contributed by atoms with van der Waals surface area (Å²) in [5, 5.41) is 22.5. The van der Waals surface area contributed by atoms with E-state index in [1.807, 2.05) is 0 Å². The maximum Gasteiger partial charge on any atom is 0.280 e. The number of rotatable bonds is 4. The van der Waals surface area contributed by atoms with E-state index >= 15 is 0 Å². The predicted octanol–water partition coefficient (Wildman–Crippen LogP) is 3.27. The van der Waals surface area contributed by atoms with Crippen molar-refractivity contribution < 1.29 is 9.85 Å². The van der Waals surface area contributed by atoms with Gasteiger partial charge in [0.2, 0.25) is 0 Å². The van der Waals surface area contributed by atoms with Gasteiger partial charge in [-0.15, -0.1) is 0 Å². The third-order valence-corrected chi connectivity index (χ3v) is 3.10. The lowest BCUT2D eigenvalue weighted by atomic mass is 9.94. The molecule has 0 bridgehead atoms. The quantitative estimate of drug-likeness (QED) is 0.631. The summed E-state index contributed by atoms with van der Waals surface area (Å²) in [5.41, 5.74) is 0.865. The van der Waals surface area contributed by atoms with Crippen LogP contribution in [-0.2, 0) is 0 Å². The van der Waals surface area contributed by atoms with Crippen molar-refractivity contribution >= 4 is 5.69 Å². The molecule has 2 aromatic carbocycles. The molecule has 2 aromatic rings. The normalized spacial score (nSPS) is 11.8. The molecule has 0 amide bonds. The Morgan fingerprint density at radius 3 is 2.15 bits per heavy atom. The molecule has 1 unspecified atom stereocenters. The summed E-state index contributed by atoms with van der Waals surface area (Å²) in [7, 11) is 0. The number of hydrogen-bond donors (Lipinski definition) is 0. The largest absolute Gasteiger partial charge is 0.280 e. The van der Waals surface area contributed by atoms with Crippen molar-refractivity contribution in [3.8, 4) is 0 Å². The number of nitro groups is 2. The third-order valence-electron chi connectivity index (χ3n) is 3.10. The Morgan fingerprint density at radius 1 is 0.950 bits per heavy atom. The van der Waals surface area contributed by atoms with Crippen LogP contribution in [0.5, 0.6) is 0 Å². The Morgan fingerprint density at radius 2 is 1.60 bits per heavy atom. The van der Waals surface area contributed by atoms with Crippen LogP contribution in [0.15, 0.2) is 48.5 Å². The Bertz CT molecular complexity index is 655. The van der Waals surface area contributed by atoms with Crippen molar-refractivity contribution in [1.29, 1.82) is 0 Å². The number of nitrogens with zero attached hydrogens (tertiary/aromatic N) is 2. The molecule has 6 nitrogen and oxygen atoms in total. The molecule has 0 spiro atoms. The van der Waals surface area contributed by atoms with Gasteiger partial charge in [0.25, 0.3) is 11.7 Å². The maximum absolute atomic E-state index is 11.4. The first-order valence-corrected chi connectivity index (χ1v) is 5.94. The molecule has 0 fully saturated rings. The van der Waals surface area contributed by atoms with E-state index in [4.69, 9.17) is 0 Å². The highest BCUT2D eigenvalue weighted by molar-refractivity contribution is 5.49. The first kappa shape index (κ1) is 13.7. The van der Waals surface area contributed by atoms with E-state index in [0.29, 0.717) is 11.1 Å². The molecule has 0 saturated carbocycles. The first-order valence-electron chi connectivity index (χ1n) is 5.94. The lowest BCUT2D eigenvalue weighted by Crippen LogP contribution is -2.15. The van der Waals surface area contributed by atoms with Crippen LogP contribution in [0, 0.1) is 27.2 Å². The fourth-order valence-corrected chi connectivity index (χ4v) is 2.21. The molecule has 0 aliphatic heterocycles. The minimum atomic E-state index is -1.24. The second kappa shape index (κ2) is 5.48. The van der Waals surface area contributed by atoms with Gasteiger partial charge in [-0.05, 0) is 12.5 Å². The molecule has 0 saturated heterocycles. The highest BCUT2D eigenvalue weighted by Crippen LogP contribution is 2.34. The summed E-state index contributed by atoms with van der Waals surface area (Å²) in [6.07, 6.45) is 0. The van der Waals surface area contributed by atoms with Crippen molar-refractivity contribution in [3.05, 3.63) is 85.4 Å².